The summed E-state index contributed by atoms with van der Waals surface area (Å²) in [4.78, 5) is 0. The molecule has 0 amide bonds. The fraction of sp³-hybridized carbons (Fsp3) is 0.333. The Morgan fingerprint density at radius 2 is 2.00 bits per heavy atom. The van der Waals surface area contributed by atoms with Crippen LogP contribution in [0.1, 0.15) is 35.6 Å². The third kappa shape index (κ3) is 3.12. The number of aryl methyl sites for hydroxylation is 1. The molecule has 0 aliphatic heterocycles. The average molecular weight is 304 g/mol. The molecule has 3 heteroatoms. The lowest BCUT2D eigenvalue weighted by molar-refractivity contribution is 0.396. The largest absolute Gasteiger partial charge is 0.324 e. The van der Waals surface area contributed by atoms with Gasteiger partial charge >= 0.3 is 0 Å². The van der Waals surface area contributed by atoms with Gasteiger partial charge in [0.1, 0.15) is 5.82 Å². The second kappa shape index (κ2) is 6.17. The van der Waals surface area contributed by atoms with Crippen molar-refractivity contribution in [3.8, 4) is 0 Å². The molecule has 0 saturated heterocycles. The highest BCUT2D eigenvalue weighted by Crippen LogP contribution is 2.34. The molecule has 0 radical (unpaired) electrons. The minimum atomic E-state index is -0.229. The molecular weight excluding hydrogens is 285 g/mol. The van der Waals surface area contributed by atoms with E-state index in [9.17, 15) is 4.39 Å². The molecule has 2 aromatic carbocycles. The van der Waals surface area contributed by atoms with E-state index in [0.717, 1.165) is 19.3 Å². The SMILES string of the molecule is NC1c2ccccc2CCCC1Cc1ccc(Cl)cc1F. The highest BCUT2D eigenvalue weighted by Gasteiger charge is 2.25. The maximum Gasteiger partial charge on any atom is 0.127 e. The van der Waals surface area contributed by atoms with Gasteiger partial charge in [0.2, 0.25) is 0 Å². The van der Waals surface area contributed by atoms with E-state index in [2.05, 4.69) is 18.2 Å². The standard InChI is InChI=1S/C18H19ClFN/c19-15-9-8-13(17(20)11-15)10-14-6-3-5-12-4-1-2-7-16(12)18(14)21/h1-2,4,7-9,11,14,18H,3,5-6,10,21H2. The first-order valence-electron chi connectivity index (χ1n) is 7.42. The third-order valence-corrected chi connectivity index (χ3v) is 4.68. The molecule has 0 heterocycles. The van der Waals surface area contributed by atoms with Gasteiger partial charge < -0.3 is 5.73 Å². The summed E-state index contributed by atoms with van der Waals surface area (Å²) in [6.07, 6.45) is 3.85. The summed E-state index contributed by atoms with van der Waals surface area (Å²) in [6, 6.07) is 13.2. The van der Waals surface area contributed by atoms with Crippen LogP contribution in [0.25, 0.3) is 0 Å². The lowest BCUT2D eigenvalue weighted by Gasteiger charge is -2.23. The van der Waals surface area contributed by atoms with Gasteiger partial charge in [0.05, 0.1) is 0 Å². The normalized spacial score (nSPS) is 21.7. The highest BCUT2D eigenvalue weighted by atomic mass is 35.5. The Bertz CT molecular complexity index is 641. The van der Waals surface area contributed by atoms with Gasteiger partial charge in [-0.2, -0.15) is 0 Å². The summed E-state index contributed by atoms with van der Waals surface area (Å²) in [5.74, 6) is 0.0385. The van der Waals surface area contributed by atoms with Gasteiger partial charge in [0, 0.05) is 11.1 Å². The molecule has 2 aromatic rings. The van der Waals surface area contributed by atoms with Crippen molar-refractivity contribution in [2.24, 2.45) is 11.7 Å². The maximum absolute atomic E-state index is 14.0. The van der Waals surface area contributed by atoms with Crippen LogP contribution >= 0.6 is 11.6 Å². The molecule has 1 nitrogen and oxygen atoms in total. The molecule has 3 rings (SSSR count). The number of rotatable bonds is 2. The Labute approximate surface area is 129 Å². The first-order valence-corrected chi connectivity index (χ1v) is 7.80. The molecule has 2 N–H and O–H groups in total. The van der Waals surface area contributed by atoms with Crippen LogP contribution in [-0.2, 0) is 12.8 Å². The Balaban J connectivity index is 1.86. The maximum atomic E-state index is 14.0. The van der Waals surface area contributed by atoms with Crippen LogP contribution < -0.4 is 5.73 Å². The van der Waals surface area contributed by atoms with E-state index < -0.39 is 0 Å². The second-order valence-corrected chi connectivity index (χ2v) is 6.25. The summed E-state index contributed by atoms with van der Waals surface area (Å²) in [5, 5.41) is 0.437. The first kappa shape index (κ1) is 14.6. The number of hydrogen-bond acceptors (Lipinski definition) is 1. The zero-order chi connectivity index (χ0) is 14.8. The van der Waals surface area contributed by atoms with Crippen molar-refractivity contribution in [3.05, 3.63) is 70.0 Å². The van der Waals surface area contributed by atoms with E-state index in [1.54, 1.807) is 12.1 Å². The van der Waals surface area contributed by atoms with E-state index in [1.807, 2.05) is 6.07 Å². The van der Waals surface area contributed by atoms with Crippen LogP contribution in [0.4, 0.5) is 4.39 Å². The van der Waals surface area contributed by atoms with E-state index >= 15 is 0 Å². The van der Waals surface area contributed by atoms with Crippen LogP contribution in [-0.4, -0.2) is 0 Å². The summed E-state index contributed by atoms with van der Waals surface area (Å²) >= 11 is 5.82. The minimum Gasteiger partial charge on any atom is -0.324 e. The summed E-state index contributed by atoms with van der Waals surface area (Å²) in [6.45, 7) is 0. The lowest BCUT2D eigenvalue weighted by atomic mass is 9.86. The van der Waals surface area contributed by atoms with Crippen molar-refractivity contribution in [3.63, 3.8) is 0 Å². The van der Waals surface area contributed by atoms with Gasteiger partial charge in [0.25, 0.3) is 0 Å². The van der Waals surface area contributed by atoms with Crippen molar-refractivity contribution < 1.29 is 4.39 Å². The van der Waals surface area contributed by atoms with E-state index in [1.165, 1.54) is 17.2 Å². The molecule has 1 aliphatic carbocycles. The van der Waals surface area contributed by atoms with Crippen molar-refractivity contribution in [2.75, 3.05) is 0 Å². The smallest absolute Gasteiger partial charge is 0.127 e. The predicted octanol–water partition coefficient (Wildman–Crippen LogP) is 4.67. The number of nitrogens with two attached hydrogens (primary N) is 1. The number of benzene rings is 2. The highest BCUT2D eigenvalue weighted by molar-refractivity contribution is 6.30. The molecule has 2 atom stereocenters. The molecule has 0 fully saturated rings. The summed E-state index contributed by atoms with van der Waals surface area (Å²) in [5.41, 5.74) is 9.73. The Morgan fingerprint density at radius 1 is 1.19 bits per heavy atom. The summed E-state index contributed by atoms with van der Waals surface area (Å²) < 4.78 is 14.0. The molecule has 0 bridgehead atoms. The number of halogens is 2. The molecule has 0 saturated carbocycles. The fourth-order valence-electron chi connectivity index (χ4n) is 3.27. The van der Waals surface area contributed by atoms with Gasteiger partial charge in [-0.1, -0.05) is 41.9 Å². The molecule has 21 heavy (non-hydrogen) atoms. The van der Waals surface area contributed by atoms with Crippen molar-refractivity contribution in [1.82, 2.24) is 0 Å². The van der Waals surface area contributed by atoms with E-state index in [4.69, 9.17) is 17.3 Å². The first-order chi connectivity index (χ1) is 10.1. The Kier molecular flexibility index (Phi) is 4.27. The van der Waals surface area contributed by atoms with Gasteiger partial charge in [-0.3, -0.25) is 0 Å². The number of fused-ring (bicyclic) bond motifs is 1. The monoisotopic (exact) mass is 303 g/mol. The molecule has 2 unspecified atom stereocenters. The molecule has 0 aromatic heterocycles. The molecule has 1 aliphatic rings. The van der Waals surface area contributed by atoms with E-state index in [0.29, 0.717) is 17.0 Å². The van der Waals surface area contributed by atoms with Gasteiger partial charge in [-0.25, -0.2) is 4.39 Å². The van der Waals surface area contributed by atoms with Gasteiger partial charge in [-0.05, 0) is 60.4 Å². The fourth-order valence-corrected chi connectivity index (χ4v) is 3.43. The minimum absolute atomic E-state index is 0.0289. The predicted molar refractivity (Wildman–Crippen MR) is 84.9 cm³/mol. The van der Waals surface area contributed by atoms with Crippen LogP contribution in [0, 0.1) is 11.7 Å². The number of hydrogen-bond donors (Lipinski definition) is 1. The second-order valence-electron chi connectivity index (χ2n) is 5.82. The quantitative estimate of drug-likeness (QED) is 0.801. The van der Waals surface area contributed by atoms with Crippen LogP contribution in [0.2, 0.25) is 5.02 Å². The topological polar surface area (TPSA) is 26.0 Å². The molecule has 0 spiro atoms. The van der Waals surface area contributed by atoms with Crippen molar-refractivity contribution in [2.45, 2.75) is 31.7 Å². The zero-order valence-electron chi connectivity index (χ0n) is 11.9. The Hall–Kier alpha value is -1.38. The zero-order valence-corrected chi connectivity index (χ0v) is 12.6. The van der Waals surface area contributed by atoms with Crippen molar-refractivity contribution in [1.29, 1.82) is 0 Å². The molecular formula is C18H19ClFN. The van der Waals surface area contributed by atoms with Crippen LogP contribution in [0.5, 0.6) is 0 Å². The molecule has 110 valence electrons. The van der Waals surface area contributed by atoms with Crippen molar-refractivity contribution >= 4 is 11.6 Å². The van der Waals surface area contributed by atoms with E-state index in [-0.39, 0.29) is 17.8 Å². The van der Waals surface area contributed by atoms with Gasteiger partial charge in [0.15, 0.2) is 0 Å². The lowest BCUT2D eigenvalue weighted by Crippen LogP contribution is -2.23. The summed E-state index contributed by atoms with van der Waals surface area (Å²) in [7, 11) is 0. The van der Waals surface area contributed by atoms with Crippen LogP contribution in [0.3, 0.4) is 0 Å². The Morgan fingerprint density at radius 3 is 2.81 bits per heavy atom. The van der Waals surface area contributed by atoms with Gasteiger partial charge in [-0.15, -0.1) is 0 Å². The average Bonchev–Trinajstić information content (AvgIpc) is 2.63. The third-order valence-electron chi connectivity index (χ3n) is 4.44. The van der Waals surface area contributed by atoms with Crippen LogP contribution in [0.15, 0.2) is 42.5 Å².